The van der Waals surface area contributed by atoms with Crippen LogP contribution in [0.25, 0.3) is 0 Å². The maximum Gasteiger partial charge on any atom is 0.245 e. The summed E-state index contributed by atoms with van der Waals surface area (Å²) in [7, 11) is 0. The van der Waals surface area contributed by atoms with E-state index < -0.39 is 0 Å². The monoisotopic (exact) mass is 812 g/mol. The average molecular weight is 812 g/mol. The third-order valence-electron chi connectivity index (χ3n) is 3.65. The van der Waals surface area contributed by atoms with E-state index in [1.807, 2.05) is 59.4 Å². The molecule has 6 nitrogen and oxygen atoms in total. The summed E-state index contributed by atoms with van der Waals surface area (Å²) in [5.74, 6) is 0.0300. The van der Waals surface area contributed by atoms with E-state index in [2.05, 4.69) is 52.2 Å². The number of Topliss-reactive ketones (excluding diaryl/α,β-unsaturated/α-hetero) is 2. The summed E-state index contributed by atoms with van der Waals surface area (Å²) >= 11 is 4.24. The molecule has 0 aliphatic heterocycles. The number of carbonyl (C=O) groups excluding carboxylic acids is 2. The Bertz CT molecular complexity index is 985. The highest BCUT2D eigenvalue weighted by Gasteiger charge is 2.11. The Balaban J connectivity index is -0.000000443. The molecule has 4 aromatic heterocycles. The number of carbonyl (C=O) groups is 2. The molecule has 4 rings (SSSR count). The van der Waals surface area contributed by atoms with Gasteiger partial charge in [-0.2, -0.15) is 4.57 Å². The molecular formula is C26H31I3N4O2. The summed E-state index contributed by atoms with van der Waals surface area (Å²) in [5.41, 5.74) is 1.03. The zero-order valence-electron chi connectivity index (χ0n) is 17.8. The minimum atomic E-state index is 0. The molecule has 0 spiro atoms. The predicted octanol–water partition coefficient (Wildman–Crippen LogP) is 3.67. The summed E-state index contributed by atoms with van der Waals surface area (Å²) in [5, 5.41) is 0. The molecule has 4 heterocycles. The van der Waals surface area contributed by atoms with Gasteiger partial charge in [0.2, 0.25) is 12.3 Å². The second kappa shape index (κ2) is 25.2. The normalized spacial score (nSPS) is 8.09. The number of nitrogens with zero attached hydrogens (tertiary/aromatic N) is 4. The fourth-order valence-corrected chi connectivity index (χ4v) is 2.20. The van der Waals surface area contributed by atoms with Crippen LogP contribution in [0.1, 0.15) is 42.8 Å². The quantitative estimate of drug-likeness (QED) is 0.179. The number of halogens is 3. The van der Waals surface area contributed by atoms with Crippen molar-refractivity contribution in [1.82, 2.24) is 15.0 Å². The molecule has 0 bridgehead atoms. The van der Waals surface area contributed by atoms with Crippen molar-refractivity contribution in [3.63, 3.8) is 0 Å². The molecule has 0 unspecified atom stereocenters. The number of pyridine rings is 4. The molecule has 0 fully saturated rings. The molecule has 0 aliphatic rings. The van der Waals surface area contributed by atoms with Gasteiger partial charge in [0.05, 0.1) is 0 Å². The van der Waals surface area contributed by atoms with Gasteiger partial charge in [0, 0.05) is 81.1 Å². The van der Waals surface area contributed by atoms with E-state index in [0.717, 1.165) is 0 Å². The van der Waals surface area contributed by atoms with Gasteiger partial charge in [-0.1, -0.05) is 39.1 Å². The molecular weight excluding hydrogens is 781 g/mol. The first-order valence-electron chi connectivity index (χ1n) is 9.46. The van der Waals surface area contributed by atoms with E-state index in [1.54, 1.807) is 55.1 Å². The summed E-state index contributed by atoms with van der Waals surface area (Å²) in [4.78, 5) is 33.9. The molecule has 35 heavy (non-hydrogen) atoms. The lowest BCUT2D eigenvalue weighted by molar-refractivity contribution is -0.683. The first kappa shape index (κ1) is 37.7. The van der Waals surface area contributed by atoms with Crippen LogP contribution in [0.3, 0.4) is 0 Å². The SMILES string of the molecule is C.C.CC(=O)c1ccccn1.II.O=C(C[n+]1ccccc1)c1ccccn1.[I-].c1ccncc1. The molecule has 0 saturated carbocycles. The molecule has 0 atom stereocenters. The van der Waals surface area contributed by atoms with Crippen molar-refractivity contribution < 1.29 is 38.1 Å². The third-order valence-corrected chi connectivity index (χ3v) is 3.65. The number of aromatic nitrogens is 4. The second-order valence-corrected chi connectivity index (χ2v) is 5.98. The number of hydrogen-bond donors (Lipinski definition) is 0. The summed E-state index contributed by atoms with van der Waals surface area (Å²) < 4.78 is 1.83. The van der Waals surface area contributed by atoms with Gasteiger partial charge in [-0.3, -0.25) is 24.5 Å². The van der Waals surface area contributed by atoms with Crippen LogP contribution in [0.15, 0.2) is 110 Å². The van der Waals surface area contributed by atoms with E-state index in [-0.39, 0.29) is 50.4 Å². The van der Waals surface area contributed by atoms with Crippen molar-refractivity contribution >= 4 is 48.8 Å². The van der Waals surface area contributed by atoms with Gasteiger partial charge in [-0.05, 0) is 36.4 Å². The van der Waals surface area contributed by atoms with Crippen LogP contribution < -0.4 is 28.5 Å². The Morgan fingerprint density at radius 3 is 1.51 bits per heavy atom. The first-order chi connectivity index (χ1) is 15.7. The lowest BCUT2D eigenvalue weighted by Gasteiger charge is -1.95. The van der Waals surface area contributed by atoms with Crippen LogP contribution in [-0.4, -0.2) is 26.5 Å². The highest BCUT2D eigenvalue weighted by molar-refractivity contribution is 15.0. The Morgan fingerprint density at radius 2 is 1.17 bits per heavy atom. The lowest BCUT2D eigenvalue weighted by atomic mass is 10.2. The fourth-order valence-electron chi connectivity index (χ4n) is 2.20. The molecule has 0 saturated heterocycles. The lowest BCUT2D eigenvalue weighted by Crippen LogP contribution is -3.00. The van der Waals surface area contributed by atoms with E-state index in [9.17, 15) is 9.59 Å². The summed E-state index contributed by atoms with van der Waals surface area (Å²) in [6.45, 7) is 1.83. The molecule has 0 amide bonds. The van der Waals surface area contributed by atoms with Gasteiger partial charge in [0.25, 0.3) is 0 Å². The van der Waals surface area contributed by atoms with Gasteiger partial charge < -0.3 is 24.0 Å². The highest BCUT2D eigenvalue weighted by atomic mass is 128. The number of hydrogen-bond acceptors (Lipinski definition) is 5. The zero-order chi connectivity index (χ0) is 23.4. The van der Waals surface area contributed by atoms with Crippen LogP contribution in [-0.2, 0) is 6.54 Å². The molecule has 9 heteroatoms. The van der Waals surface area contributed by atoms with Crippen LogP contribution in [0.2, 0.25) is 0 Å². The van der Waals surface area contributed by atoms with Gasteiger partial charge in [0.15, 0.2) is 18.2 Å². The smallest absolute Gasteiger partial charge is 0.245 e. The maximum absolute atomic E-state index is 11.7. The number of rotatable bonds is 4. The van der Waals surface area contributed by atoms with Crippen molar-refractivity contribution in [2.45, 2.75) is 28.3 Å². The Hall–Kier alpha value is -1.87. The van der Waals surface area contributed by atoms with E-state index in [1.165, 1.54) is 6.92 Å². The van der Waals surface area contributed by atoms with E-state index in [4.69, 9.17) is 0 Å². The molecule has 0 N–H and O–H groups in total. The third kappa shape index (κ3) is 18.1. The standard InChI is InChI=1S/C12H11N2O.C7H7NO.C5H5N.2CH4.I2.HI/c15-12(11-6-2-3-7-13-11)10-14-8-4-1-5-9-14;1-6(9)7-4-2-3-5-8-7;1-2-4-6-5-3-1;;;1-2;/h1-9H,10H2;2-5H,1H3;1-5H;2*1H4;;1H/q+1;;;;;;/p-1. The van der Waals surface area contributed by atoms with Crippen LogP contribution >= 0.6 is 37.2 Å². The average Bonchev–Trinajstić information content (AvgIpc) is 2.89. The van der Waals surface area contributed by atoms with E-state index >= 15 is 0 Å². The van der Waals surface area contributed by atoms with Crippen LogP contribution in [0, 0.1) is 0 Å². The second-order valence-electron chi connectivity index (χ2n) is 5.98. The predicted molar refractivity (Wildman–Crippen MR) is 155 cm³/mol. The van der Waals surface area contributed by atoms with Gasteiger partial charge in [-0.25, -0.2) is 0 Å². The molecule has 0 aliphatic carbocycles. The summed E-state index contributed by atoms with van der Waals surface area (Å²) in [6, 6.07) is 22.0. The van der Waals surface area contributed by atoms with Crippen molar-refractivity contribution in [3.8, 4) is 0 Å². The Morgan fingerprint density at radius 1 is 0.714 bits per heavy atom. The topological polar surface area (TPSA) is 76.7 Å². The van der Waals surface area contributed by atoms with Gasteiger partial charge in [-0.15, -0.1) is 0 Å². The van der Waals surface area contributed by atoms with Gasteiger partial charge in [0.1, 0.15) is 11.4 Å². The molecule has 4 aromatic rings. The van der Waals surface area contributed by atoms with Crippen LogP contribution in [0.5, 0.6) is 0 Å². The zero-order valence-corrected chi connectivity index (χ0v) is 24.3. The van der Waals surface area contributed by atoms with Crippen LogP contribution in [0.4, 0.5) is 0 Å². The molecule has 0 radical (unpaired) electrons. The minimum absolute atomic E-state index is 0. The maximum atomic E-state index is 11.7. The molecule has 188 valence electrons. The van der Waals surface area contributed by atoms with Crippen molar-refractivity contribution in [3.05, 3.63) is 121 Å². The first-order valence-corrected chi connectivity index (χ1v) is 15.7. The Kier molecular flexibility index (Phi) is 27.2. The van der Waals surface area contributed by atoms with Gasteiger partial charge >= 0.3 is 0 Å². The minimum Gasteiger partial charge on any atom is -1.00 e. The molecule has 0 aromatic carbocycles. The Labute approximate surface area is 249 Å². The van der Waals surface area contributed by atoms with Crippen molar-refractivity contribution in [2.24, 2.45) is 0 Å². The van der Waals surface area contributed by atoms with E-state index in [0.29, 0.717) is 17.9 Å². The summed E-state index contributed by atoms with van der Waals surface area (Å²) in [6.07, 6.45) is 10.5. The van der Waals surface area contributed by atoms with Crippen molar-refractivity contribution in [1.29, 1.82) is 0 Å². The van der Waals surface area contributed by atoms with Crippen molar-refractivity contribution in [2.75, 3.05) is 0 Å². The fraction of sp³-hybridized carbons (Fsp3) is 0.154. The highest BCUT2D eigenvalue weighted by Crippen LogP contribution is 1.95. The largest absolute Gasteiger partial charge is 1.00 e. The number of ketones is 2.